The molecular formula is C44H64BNaO16. The standard InChI is InChI=1S/C44H64BO16.Na/c1-23-17-19-35-41(7,8)33(52-27(5)46)15-11-13-30-22-32(26(4)51-30)55-40(49)38-44-24(2)18-20-36(57-44)42(9,10)34(53-28(6)47)16-12-14-29-21-31(25(3)50-29)54-39(48)37-43(23,56-35)60-45(58-37,59-38)61-44;/h11-14,23-26,29-38H,15-22H2,1-10H3;/q-1;+1/b13-11+,14-12+;/t23-,24-,25-,26-,29-,30-,31+,32+,33-,34-,35+,36+,37+,38+,43+,44+,45?;/m1./s1. The van der Waals surface area contributed by atoms with Crippen LogP contribution < -0.4 is 29.6 Å². The van der Waals surface area contributed by atoms with Crippen LogP contribution in [0.2, 0.25) is 0 Å². The second kappa shape index (κ2) is 17.7. The van der Waals surface area contributed by atoms with Crippen molar-refractivity contribution in [3.05, 3.63) is 24.3 Å². The van der Waals surface area contributed by atoms with Gasteiger partial charge in [0.2, 0.25) is 0 Å². The molecule has 0 N–H and O–H groups in total. The summed E-state index contributed by atoms with van der Waals surface area (Å²) in [5, 5.41) is 0. The SMILES string of the molecule is CC(=O)O[C@@H]1C/C=C/[C@@H]2C[C@H](OC(=O)[C@@H]3O[B-]45O[C@@H](C(=O)O[C@H]6C[C@@H](/C=C/C[C@@H](OC(C)=O)C(C)(C)[C@@H]7CC[C@@H](C)[C@]3(O7)O4)O[C@@H]6C)[C@@]3(O[C@@H](CC[C@H]3C)C1(C)C)O5)[C@@H](C)O2.[Na+]. The molecule has 62 heavy (non-hydrogen) atoms. The second-order valence-electron chi connectivity index (χ2n) is 19.8. The maximum atomic E-state index is 14.8. The predicted octanol–water partition coefficient (Wildman–Crippen LogP) is 2.29. The van der Waals surface area contributed by atoms with Gasteiger partial charge in [-0.25, -0.2) is 9.59 Å². The van der Waals surface area contributed by atoms with E-state index in [1.807, 2.05) is 79.7 Å². The first-order chi connectivity index (χ1) is 28.7. The minimum Gasteiger partial charge on any atom is -0.504 e. The Morgan fingerprint density at radius 2 is 1.03 bits per heavy atom. The van der Waals surface area contributed by atoms with Gasteiger partial charge in [-0.15, -0.1) is 0 Å². The van der Waals surface area contributed by atoms with Crippen LogP contribution in [0.1, 0.15) is 121 Å². The van der Waals surface area contributed by atoms with Crippen molar-refractivity contribution in [2.45, 2.75) is 205 Å². The molecule has 18 heteroatoms. The van der Waals surface area contributed by atoms with E-state index in [1.54, 1.807) is 0 Å². The molecule has 11 bridgehead atoms. The summed E-state index contributed by atoms with van der Waals surface area (Å²) in [5.41, 5.74) is -1.69. The van der Waals surface area contributed by atoms with E-state index in [4.69, 9.17) is 56.5 Å². The molecule has 0 saturated carbocycles. The Hall–Kier alpha value is -1.90. The van der Waals surface area contributed by atoms with Crippen LogP contribution >= 0.6 is 0 Å². The van der Waals surface area contributed by atoms with Gasteiger partial charge >= 0.3 is 60.4 Å². The second-order valence-corrected chi connectivity index (χ2v) is 19.8. The summed E-state index contributed by atoms with van der Waals surface area (Å²) >= 11 is 0. The molecule has 6 saturated heterocycles. The monoisotopic (exact) mass is 882 g/mol. The van der Waals surface area contributed by atoms with Gasteiger partial charge in [0.25, 0.3) is 0 Å². The molecule has 6 fully saturated rings. The summed E-state index contributed by atoms with van der Waals surface area (Å²) in [6.45, 7) is 14.5. The molecule has 8 aliphatic rings. The average molecular weight is 883 g/mol. The third-order valence-electron chi connectivity index (χ3n) is 14.8. The molecule has 0 unspecified atom stereocenters. The van der Waals surface area contributed by atoms with E-state index in [9.17, 15) is 19.2 Å². The van der Waals surface area contributed by atoms with Gasteiger partial charge in [0.1, 0.15) is 24.4 Å². The average Bonchev–Trinajstić information content (AvgIpc) is 3.90. The number of ether oxygens (including phenoxy) is 8. The van der Waals surface area contributed by atoms with Crippen LogP contribution in [-0.4, -0.2) is 116 Å². The molecule has 0 aliphatic carbocycles. The van der Waals surface area contributed by atoms with E-state index < -0.39 is 138 Å². The molecular weight excluding hydrogens is 818 g/mol. The maximum absolute atomic E-state index is 14.8. The molecule has 340 valence electrons. The molecule has 0 aromatic carbocycles. The molecule has 8 rings (SSSR count). The molecule has 16 atom stereocenters. The summed E-state index contributed by atoms with van der Waals surface area (Å²) in [6, 6.07) is 0. The zero-order valence-electron chi connectivity index (χ0n) is 38.2. The van der Waals surface area contributed by atoms with Crippen molar-refractivity contribution < 1.29 is 105 Å². The molecule has 8 heterocycles. The van der Waals surface area contributed by atoms with Crippen LogP contribution in [0.25, 0.3) is 0 Å². The van der Waals surface area contributed by atoms with Gasteiger partial charge < -0.3 is 56.5 Å². The van der Waals surface area contributed by atoms with Crippen LogP contribution in [0.15, 0.2) is 24.3 Å². The summed E-state index contributed by atoms with van der Waals surface area (Å²) in [4.78, 5) is 54.9. The first kappa shape index (κ1) is 48.0. The Labute approximate surface area is 386 Å². The van der Waals surface area contributed by atoms with Gasteiger partial charge in [0, 0.05) is 62.2 Å². The zero-order valence-corrected chi connectivity index (χ0v) is 40.2. The molecule has 3 spiro atoms. The molecule has 16 nitrogen and oxygen atoms in total. The maximum Gasteiger partial charge on any atom is 1.00 e. The van der Waals surface area contributed by atoms with Crippen molar-refractivity contribution in [2.75, 3.05) is 0 Å². The fourth-order valence-electron chi connectivity index (χ4n) is 10.8. The largest absolute Gasteiger partial charge is 1.00 e. The summed E-state index contributed by atoms with van der Waals surface area (Å²) in [7, 11) is 0. The third kappa shape index (κ3) is 8.64. The number of carbonyl (C=O) groups is 4. The Kier molecular flexibility index (Phi) is 13.7. The molecule has 0 aromatic heterocycles. The zero-order chi connectivity index (χ0) is 43.9. The van der Waals surface area contributed by atoms with Crippen molar-refractivity contribution >= 4 is 30.8 Å². The Balaban J connectivity index is 0.00000578. The summed E-state index contributed by atoms with van der Waals surface area (Å²) in [6.07, 6.45) is 2.18. The topological polar surface area (TPSA) is 179 Å². The Morgan fingerprint density at radius 1 is 0.645 bits per heavy atom. The van der Waals surface area contributed by atoms with E-state index in [2.05, 4.69) is 0 Å². The van der Waals surface area contributed by atoms with Crippen LogP contribution in [0, 0.1) is 22.7 Å². The smallest absolute Gasteiger partial charge is 0.504 e. The van der Waals surface area contributed by atoms with Gasteiger partial charge in [-0.2, -0.15) is 0 Å². The Morgan fingerprint density at radius 3 is 1.40 bits per heavy atom. The van der Waals surface area contributed by atoms with Crippen LogP contribution in [0.4, 0.5) is 0 Å². The van der Waals surface area contributed by atoms with E-state index in [-0.39, 0.29) is 29.6 Å². The summed E-state index contributed by atoms with van der Waals surface area (Å²) < 4.78 is 78.6. The van der Waals surface area contributed by atoms with E-state index >= 15 is 0 Å². The first-order valence-corrected chi connectivity index (χ1v) is 22.3. The quantitative estimate of drug-likeness (QED) is 0.171. The Bertz CT molecular complexity index is 1660. The van der Waals surface area contributed by atoms with Crippen molar-refractivity contribution in [1.29, 1.82) is 0 Å². The van der Waals surface area contributed by atoms with Crippen molar-refractivity contribution in [3.8, 4) is 0 Å². The fourth-order valence-corrected chi connectivity index (χ4v) is 10.8. The van der Waals surface area contributed by atoms with Gasteiger partial charge in [-0.3, -0.25) is 9.59 Å². The van der Waals surface area contributed by atoms with Gasteiger partial charge in [-0.1, -0.05) is 65.8 Å². The van der Waals surface area contributed by atoms with Gasteiger partial charge in [0.15, 0.2) is 23.8 Å². The van der Waals surface area contributed by atoms with Gasteiger partial charge in [-0.05, 0) is 39.5 Å². The van der Waals surface area contributed by atoms with Crippen molar-refractivity contribution in [3.63, 3.8) is 0 Å². The molecule has 0 aromatic rings. The van der Waals surface area contributed by atoms with Crippen LogP contribution in [0.5, 0.6) is 0 Å². The molecule has 0 radical (unpaired) electrons. The number of fused-ring (bicyclic) bond motifs is 8. The normalized spacial score (nSPS) is 48.2. The minimum atomic E-state index is -3.50. The predicted molar refractivity (Wildman–Crippen MR) is 214 cm³/mol. The van der Waals surface area contributed by atoms with E-state index in [0.717, 1.165) is 0 Å². The van der Waals surface area contributed by atoms with Gasteiger partial charge in [0.05, 0.1) is 36.6 Å². The number of rotatable bonds is 2. The number of esters is 4. The fraction of sp³-hybridized carbons (Fsp3) is 0.818. The number of hydrogen-bond donors (Lipinski definition) is 0. The van der Waals surface area contributed by atoms with Crippen molar-refractivity contribution in [1.82, 2.24) is 0 Å². The third-order valence-corrected chi connectivity index (χ3v) is 14.8. The van der Waals surface area contributed by atoms with E-state index in [0.29, 0.717) is 51.4 Å². The molecule has 0 amide bonds. The van der Waals surface area contributed by atoms with Crippen LogP contribution in [-0.2, 0) is 75.7 Å². The number of carbonyl (C=O) groups excluding carboxylic acids is 4. The number of hydrogen-bond acceptors (Lipinski definition) is 16. The molecule has 8 aliphatic heterocycles. The van der Waals surface area contributed by atoms with E-state index in [1.165, 1.54) is 13.8 Å². The van der Waals surface area contributed by atoms with Crippen molar-refractivity contribution in [2.24, 2.45) is 22.7 Å². The minimum absolute atomic E-state index is 0. The summed E-state index contributed by atoms with van der Waals surface area (Å²) in [5.74, 6) is -7.22. The first-order valence-electron chi connectivity index (χ1n) is 22.3. The van der Waals surface area contributed by atoms with Crippen LogP contribution in [0.3, 0.4) is 0 Å².